The molecule has 1 aromatic carbocycles. The van der Waals surface area contributed by atoms with Crippen molar-refractivity contribution in [3.63, 3.8) is 0 Å². The summed E-state index contributed by atoms with van der Waals surface area (Å²) in [5.41, 5.74) is 0.977. The first-order chi connectivity index (χ1) is 10.4. The highest BCUT2D eigenvalue weighted by atomic mass is 19.4. The van der Waals surface area contributed by atoms with Crippen LogP contribution in [-0.4, -0.2) is 54.7 Å². The van der Waals surface area contributed by atoms with E-state index < -0.39 is 12.8 Å². The Morgan fingerprint density at radius 3 is 2.59 bits per heavy atom. The first-order valence-electron chi connectivity index (χ1n) is 7.12. The number of benzene rings is 1. The highest BCUT2D eigenvalue weighted by Crippen LogP contribution is 2.20. The molecule has 4 nitrogen and oxygen atoms in total. The van der Waals surface area contributed by atoms with Gasteiger partial charge in [0.1, 0.15) is 5.75 Å². The van der Waals surface area contributed by atoms with Crippen LogP contribution in [0.25, 0.3) is 0 Å². The molecule has 22 heavy (non-hydrogen) atoms. The van der Waals surface area contributed by atoms with Gasteiger partial charge in [-0.2, -0.15) is 13.2 Å². The highest BCUT2D eigenvalue weighted by Gasteiger charge is 2.28. The lowest BCUT2D eigenvalue weighted by molar-refractivity contribution is -0.153. The van der Waals surface area contributed by atoms with Crippen LogP contribution in [-0.2, 0) is 11.3 Å². The van der Waals surface area contributed by atoms with Gasteiger partial charge >= 0.3 is 6.18 Å². The average molecular weight is 319 g/mol. The molecule has 1 aliphatic heterocycles. The van der Waals surface area contributed by atoms with E-state index in [1.807, 2.05) is 6.92 Å². The second-order valence-corrected chi connectivity index (χ2v) is 5.46. The predicted octanol–water partition coefficient (Wildman–Crippen LogP) is 2.21. The lowest BCUT2D eigenvalue weighted by Crippen LogP contribution is -2.48. The first kappa shape index (κ1) is 17.1. The first-order valence-corrected chi connectivity index (χ1v) is 7.12. The van der Waals surface area contributed by atoms with Crippen molar-refractivity contribution in [3.05, 3.63) is 29.8 Å². The van der Waals surface area contributed by atoms with E-state index in [2.05, 4.69) is 9.64 Å². The van der Waals surface area contributed by atoms with Crippen molar-refractivity contribution in [2.24, 2.45) is 0 Å². The molecular weight excluding hydrogens is 299 g/mol. The Labute approximate surface area is 127 Å². The van der Waals surface area contributed by atoms with E-state index in [-0.39, 0.29) is 24.5 Å². The van der Waals surface area contributed by atoms with E-state index in [0.717, 1.165) is 5.56 Å². The predicted molar refractivity (Wildman–Crippen MR) is 74.7 cm³/mol. The average Bonchev–Trinajstić information content (AvgIpc) is 2.48. The van der Waals surface area contributed by atoms with E-state index in [4.69, 9.17) is 9.84 Å². The monoisotopic (exact) mass is 319 g/mol. The molecule has 0 spiro atoms. The summed E-state index contributed by atoms with van der Waals surface area (Å²) in [5, 5.41) is 9.16. The minimum atomic E-state index is -4.33. The van der Waals surface area contributed by atoms with E-state index in [9.17, 15) is 13.2 Å². The number of rotatable bonds is 5. The zero-order chi connectivity index (χ0) is 16.2. The number of aliphatic hydroxyl groups is 1. The van der Waals surface area contributed by atoms with E-state index in [0.29, 0.717) is 19.7 Å². The van der Waals surface area contributed by atoms with E-state index in [1.165, 1.54) is 12.1 Å². The summed E-state index contributed by atoms with van der Waals surface area (Å²) < 4.78 is 46.4. The normalized spacial score (nSPS) is 23.5. The summed E-state index contributed by atoms with van der Waals surface area (Å²) in [6.07, 6.45) is -4.52. The van der Waals surface area contributed by atoms with Gasteiger partial charge in [0, 0.05) is 19.1 Å². The zero-order valence-electron chi connectivity index (χ0n) is 12.3. The smallest absolute Gasteiger partial charge is 0.422 e. The molecule has 0 aliphatic carbocycles. The third-order valence-corrected chi connectivity index (χ3v) is 3.55. The molecule has 2 atom stereocenters. The van der Waals surface area contributed by atoms with Gasteiger partial charge in [0.2, 0.25) is 0 Å². The van der Waals surface area contributed by atoms with Crippen molar-refractivity contribution >= 4 is 0 Å². The van der Waals surface area contributed by atoms with Gasteiger partial charge in [-0.05, 0) is 24.6 Å². The van der Waals surface area contributed by atoms with Crippen LogP contribution < -0.4 is 4.74 Å². The van der Waals surface area contributed by atoms with Gasteiger partial charge in [0.05, 0.1) is 19.3 Å². The molecule has 1 saturated heterocycles. The van der Waals surface area contributed by atoms with E-state index >= 15 is 0 Å². The summed E-state index contributed by atoms with van der Waals surface area (Å²) in [7, 11) is 0. The molecule has 0 aromatic heterocycles. The van der Waals surface area contributed by atoms with Crippen LogP contribution in [0.3, 0.4) is 0 Å². The Hall–Kier alpha value is -1.31. The van der Waals surface area contributed by atoms with Gasteiger partial charge in [-0.15, -0.1) is 0 Å². The van der Waals surface area contributed by atoms with Crippen molar-refractivity contribution in [1.29, 1.82) is 0 Å². The quantitative estimate of drug-likeness (QED) is 0.903. The van der Waals surface area contributed by atoms with Gasteiger partial charge in [-0.3, -0.25) is 4.90 Å². The largest absolute Gasteiger partial charge is 0.484 e. The lowest BCUT2D eigenvalue weighted by Gasteiger charge is -2.37. The maximum atomic E-state index is 12.1. The van der Waals surface area contributed by atoms with Crippen molar-refractivity contribution < 1.29 is 27.8 Å². The van der Waals surface area contributed by atoms with Gasteiger partial charge in [-0.25, -0.2) is 0 Å². The third kappa shape index (κ3) is 5.15. The fourth-order valence-corrected chi connectivity index (χ4v) is 2.30. The number of aliphatic hydroxyl groups excluding tert-OH is 1. The number of nitrogens with zero attached hydrogens (tertiary/aromatic N) is 1. The molecule has 2 rings (SSSR count). The summed E-state index contributed by atoms with van der Waals surface area (Å²) >= 11 is 0. The van der Waals surface area contributed by atoms with Gasteiger partial charge in [-0.1, -0.05) is 12.1 Å². The molecule has 0 amide bonds. The number of ether oxygens (including phenoxy) is 2. The number of halogens is 3. The molecule has 1 heterocycles. The molecule has 1 aliphatic rings. The molecule has 1 N–H and O–H groups in total. The Kier molecular flexibility index (Phi) is 5.66. The van der Waals surface area contributed by atoms with Crippen LogP contribution >= 0.6 is 0 Å². The maximum Gasteiger partial charge on any atom is 0.422 e. The standard InChI is InChI=1S/C15H20F3NO3/c1-11-9-21-14(8-20)7-19(11)6-12-2-4-13(5-3-12)22-10-15(16,17)18/h2-5,11,14,20H,6-10H2,1H3. The molecule has 124 valence electrons. The summed E-state index contributed by atoms with van der Waals surface area (Å²) in [4.78, 5) is 2.18. The van der Waals surface area contributed by atoms with Crippen molar-refractivity contribution in [2.45, 2.75) is 31.8 Å². The van der Waals surface area contributed by atoms with Crippen LogP contribution in [0.2, 0.25) is 0 Å². The van der Waals surface area contributed by atoms with Crippen LogP contribution in [0.1, 0.15) is 12.5 Å². The molecule has 2 unspecified atom stereocenters. The molecule has 1 fully saturated rings. The fourth-order valence-electron chi connectivity index (χ4n) is 2.30. The number of hydrogen-bond donors (Lipinski definition) is 1. The van der Waals surface area contributed by atoms with Crippen molar-refractivity contribution in [1.82, 2.24) is 4.90 Å². The fraction of sp³-hybridized carbons (Fsp3) is 0.600. The SMILES string of the molecule is CC1COC(CO)CN1Cc1ccc(OCC(F)(F)F)cc1. The Balaban J connectivity index is 1.90. The molecule has 7 heteroatoms. The second kappa shape index (κ2) is 7.30. The van der Waals surface area contributed by atoms with Crippen molar-refractivity contribution in [2.75, 3.05) is 26.4 Å². The van der Waals surface area contributed by atoms with Gasteiger partial charge in [0.15, 0.2) is 6.61 Å². The second-order valence-electron chi connectivity index (χ2n) is 5.46. The topological polar surface area (TPSA) is 41.9 Å². The highest BCUT2D eigenvalue weighted by molar-refractivity contribution is 5.27. The third-order valence-electron chi connectivity index (χ3n) is 3.55. The van der Waals surface area contributed by atoms with Gasteiger partial charge in [0.25, 0.3) is 0 Å². The minimum Gasteiger partial charge on any atom is -0.484 e. The number of alkyl halides is 3. The molecule has 0 bridgehead atoms. The van der Waals surface area contributed by atoms with Crippen LogP contribution in [0.4, 0.5) is 13.2 Å². The zero-order valence-corrected chi connectivity index (χ0v) is 12.3. The Bertz CT molecular complexity index is 464. The van der Waals surface area contributed by atoms with Crippen LogP contribution in [0.5, 0.6) is 5.75 Å². The maximum absolute atomic E-state index is 12.1. The van der Waals surface area contributed by atoms with Gasteiger partial charge < -0.3 is 14.6 Å². The van der Waals surface area contributed by atoms with Crippen LogP contribution in [0.15, 0.2) is 24.3 Å². The molecular formula is C15H20F3NO3. The van der Waals surface area contributed by atoms with Crippen molar-refractivity contribution in [3.8, 4) is 5.75 Å². The number of hydrogen-bond acceptors (Lipinski definition) is 4. The Morgan fingerprint density at radius 1 is 1.32 bits per heavy atom. The summed E-state index contributed by atoms with van der Waals surface area (Å²) in [5.74, 6) is 0.198. The molecule has 0 saturated carbocycles. The summed E-state index contributed by atoms with van der Waals surface area (Å²) in [6.45, 7) is 2.56. The minimum absolute atomic E-state index is 0.0204. The molecule has 1 aromatic rings. The Morgan fingerprint density at radius 2 is 2.00 bits per heavy atom. The van der Waals surface area contributed by atoms with E-state index in [1.54, 1.807) is 12.1 Å². The van der Waals surface area contributed by atoms with Crippen LogP contribution in [0, 0.1) is 0 Å². The lowest BCUT2D eigenvalue weighted by atomic mass is 10.1. The number of morpholine rings is 1. The molecule has 0 radical (unpaired) electrons. The summed E-state index contributed by atoms with van der Waals surface area (Å²) in [6, 6.07) is 6.80.